The first-order chi connectivity index (χ1) is 43.7. The average Bonchev–Trinajstić information content (AvgIpc) is 0.720. The van der Waals surface area contributed by atoms with Crippen molar-refractivity contribution in [3.8, 4) is 50.6 Å². The Balaban J connectivity index is 1.12. The van der Waals surface area contributed by atoms with E-state index in [1.54, 1.807) is 34.1 Å². The van der Waals surface area contributed by atoms with E-state index in [4.69, 9.17) is 28.5 Å². The Bertz CT molecular complexity index is 4880. The van der Waals surface area contributed by atoms with Gasteiger partial charge in [-0.25, -0.2) is 13.6 Å². The number of benzene rings is 8. The normalized spacial score (nSPS) is 19.9. The molecule has 0 saturated carbocycles. The fraction of sp³-hybridized carbons (Fsp3) is 0.0303. The molecule has 0 saturated heterocycles. The Kier molecular flexibility index (Phi) is 6.88. The van der Waals surface area contributed by atoms with E-state index < -0.39 is 155 Å². The summed E-state index contributed by atoms with van der Waals surface area (Å²) >= 11 is 0. The summed E-state index contributed by atoms with van der Waals surface area (Å²) in [6.45, 7) is 8.83. The maximum absolute atomic E-state index is 15.2. The number of hydrogen-bond acceptors (Lipinski definition) is 3. The quantitative estimate of drug-likeness (QED) is 0.128. The molecule has 0 amide bonds. The summed E-state index contributed by atoms with van der Waals surface area (Å²) in [4.78, 5) is 7.04. The highest BCUT2D eigenvalue weighted by molar-refractivity contribution is 5.98. The van der Waals surface area contributed by atoms with E-state index in [0.717, 1.165) is 29.8 Å². The number of allylic oxidation sites excluding steroid dienone is 12. The van der Waals surface area contributed by atoms with Gasteiger partial charge >= 0.3 is 0 Å². The molecular weight excluding hydrogens is 887 g/mol. The van der Waals surface area contributed by atoms with Crippen molar-refractivity contribution in [1.29, 1.82) is 5.26 Å². The van der Waals surface area contributed by atoms with E-state index in [1.165, 1.54) is 48.5 Å². The molecule has 2 atom stereocenters. The summed E-state index contributed by atoms with van der Waals surface area (Å²) in [7, 11) is 0. The molecule has 4 aliphatic carbocycles. The first-order valence-electron chi connectivity index (χ1n) is 32.2. The highest BCUT2D eigenvalue weighted by atomic mass is 19.1. The second-order valence-corrected chi connectivity index (χ2v) is 16.6. The van der Waals surface area contributed by atoms with Crippen LogP contribution < -0.4 is 9.80 Å². The third kappa shape index (κ3) is 7.69. The summed E-state index contributed by atoms with van der Waals surface area (Å²) in [5.74, 6) is -2.75. The van der Waals surface area contributed by atoms with E-state index >= 15 is 8.78 Å². The molecule has 0 N–H and O–H groups in total. The monoisotopic (exact) mass is 948 g/mol. The molecule has 72 heavy (non-hydrogen) atoms. The van der Waals surface area contributed by atoms with Gasteiger partial charge < -0.3 is 9.80 Å². The van der Waals surface area contributed by atoms with Gasteiger partial charge in [-0.2, -0.15) is 5.26 Å². The van der Waals surface area contributed by atoms with E-state index in [-0.39, 0.29) is 67.4 Å². The second kappa shape index (κ2) is 18.4. The molecule has 0 radical (unpaired) electrons. The van der Waals surface area contributed by atoms with Crippen molar-refractivity contribution >= 4 is 28.4 Å². The van der Waals surface area contributed by atoms with Crippen LogP contribution in [0.5, 0.6) is 0 Å². The lowest BCUT2D eigenvalue weighted by Gasteiger charge is -2.45. The molecule has 0 heterocycles. The lowest BCUT2D eigenvalue weighted by atomic mass is 9.63. The molecule has 4 aliphatic rings. The molecule has 6 heteroatoms. The SMILES string of the molecule is [2H]c1c([2H])c([2H])c(-c2cc(C#N)c(N(C3=C4C=CC5=CC=C(N(c6ccc(F)cc6)c6c([N+]#[C-])cc(-c7c([2H])c([2H])c([2H])c([2H])c7[2H])cc6-c6c([2H])c([2H])c([2H])c([2H])c6[2H])C6=CC=C(C=C3)C4C56)c3ccc(F)cc3)c(-c3c([2H])c([2H])c([2H])c([2H])c3[2H])c2)c([2H])c1[2H]. The molecule has 8 aromatic carbocycles. The number of rotatable bonds is 10. The minimum Gasteiger partial charge on any atom is -0.319 e. The van der Waals surface area contributed by atoms with E-state index in [2.05, 4.69) is 10.9 Å². The zero-order valence-corrected chi connectivity index (χ0v) is 37.2. The third-order valence-electron chi connectivity index (χ3n) is 12.7. The summed E-state index contributed by atoms with van der Waals surface area (Å²) < 4.78 is 207. The summed E-state index contributed by atoms with van der Waals surface area (Å²) in [5, 5.41) is 11.4. The number of hydrogen-bond donors (Lipinski definition) is 0. The zero-order valence-electron chi connectivity index (χ0n) is 57.2. The Morgan fingerprint density at radius 2 is 0.986 bits per heavy atom. The Morgan fingerprint density at radius 1 is 0.500 bits per heavy atom. The Hall–Kier alpha value is -9.62. The first-order valence-corrected chi connectivity index (χ1v) is 22.2. The van der Waals surface area contributed by atoms with Gasteiger partial charge in [0.05, 0.1) is 56.6 Å². The van der Waals surface area contributed by atoms with Gasteiger partial charge in [0.2, 0.25) is 5.69 Å². The molecule has 8 aromatic rings. The van der Waals surface area contributed by atoms with E-state index in [1.807, 2.05) is 24.3 Å². The average molecular weight is 949 g/mol. The molecule has 4 nitrogen and oxygen atoms in total. The van der Waals surface area contributed by atoms with Crippen molar-refractivity contribution in [2.75, 3.05) is 9.80 Å². The molecule has 12 rings (SSSR count). The molecule has 0 bridgehead atoms. The van der Waals surface area contributed by atoms with Gasteiger partial charge in [-0.3, -0.25) is 0 Å². The smallest absolute Gasteiger partial charge is 0.211 e. The fourth-order valence-electron chi connectivity index (χ4n) is 9.73. The van der Waals surface area contributed by atoms with Crippen LogP contribution in [0.4, 0.5) is 37.2 Å². The molecule has 0 fully saturated rings. The van der Waals surface area contributed by atoms with Crippen LogP contribution in [-0.4, -0.2) is 0 Å². The molecule has 340 valence electrons. The Labute approximate surface area is 445 Å². The second-order valence-electron chi connectivity index (χ2n) is 16.6. The van der Waals surface area contributed by atoms with Crippen molar-refractivity contribution in [3.63, 3.8) is 0 Å². The van der Waals surface area contributed by atoms with Crippen LogP contribution in [-0.2, 0) is 0 Å². The minimum atomic E-state index is -0.762. The zero-order chi connectivity index (χ0) is 66.1. The van der Waals surface area contributed by atoms with Crippen LogP contribution in [0.25, 0.3) is 49.4 Å². The van der Waals surface area contributed by atoms with Gasteiger partial charge in [0.15, 0.2) is 0 Å². The first kappa shape index (κ1) is 27.0. The van der Waals surface area contributed by atoms with E-state index in [9.17, 15) is 10.7 Å². The van der Waals surface area contributed by atoms with Gasteiger partial charge in [0, 0.05) is 34.5 Å². The van der Waals surface area contributed by atoms with Gasteiger partial charge in [-0.05, 0) is 146 Å². The van der Waals surface area contributed by atoms with Gasteiger partial charge in [-0.15, -0.1) is 0 Å². The minimum absolute atomic E-state index is 0.120. The molecular formula is C66H42F2N4. The van der Waals surface area contributed by atoms with Crippen LogP contribution in [0.2, 0.25) is 0 Å². The predicted molar refractivity (Wildman–Crippen MR) is 287 cm³/mol. The van der Waals surface area contributed by atoms with Gasteiger partial charge in [-0.1, -0.05) is 157 Å². The van der Waals surface area contributed by atoms with Gasteiger partial charge in [0.1, 0.15) is 17.7 Å². The largest absolute Gasteiger partial charge is 0.319 e. The third-order valence-corrected chi connectivity index (χ3v) is 12.7. The lowest BCUT2D eigenvalue weighted by Crippen LogP contribution is -2.35. The fourth-order valence-corrected chi connectivity index (χ4v) is 9.73. The van der Waals surface area contributed by atoms with Crippen LogP contribution in [0.3, 0.4) is 0 Å². The van der Waals surface area contributed by atoms with Crippen LogP contribution in [0, 0.1) is 41.4 Å². The number of nitrogens with zero attached hydrogens (tertiary/aromatic N) is 4. The lowest BCUT2D eigenvalue weighted by molar-refractivity contribution is 0.551. The van der Waals surface area contributed by atoms with Gasteiger partial charge in [0.25, 0.3) is 0 Å². The van der Waals surface area contributed by atoms with Crippen molar-refractivity contribution in [3.05, 3.63) is 305 Å². The molecule has 2 unspecified atom stereocenters. The summed E-state index contributed by atoms with van der Waals surface area (Å²) in [6.07, 6.45) is 14.3. The van der Waals surface area contributed by atoms with Crippen molar-refractivity contribution in [2.24, 2.45) is 11.8 Å². The highest BCUT2D eigenvalue weighted by Gasteiger charge is 2.43. The number of nitriles is 1. The summed E-state index contributed by atoms with van der Waals surface area (Å²) in [5.41, 5.74) is 0.311. The number of halogens is 2. The predicted octanol–water partition coefficient (Wildman–Crippen LogP) is 17.3. The molecule has 0 spiro atoms. The van der Waals surface area contributed by atoms with Crippen molar-refractivity contribution in [2.45, 2.75) is 0 Å². The van der Waals surface area contributed by atoms with Crippen molar-refractivity contribution in [1.82, 2.24) is 0 Å². The van der Waals surface area contributed by atoms with Crippen LogP contribution in [0.1, 0.15) is 33.0 Å². The maximum Gasteiger partial charge on any atom is 0.211 e. The van der Waals surface area contributed by atoms with Crippen molar-refractivity contribution < 1.29 is 36.2 Å². The topological polar surface area (TPSA) is 34.6 Å². The maximum atomic E-state index is 15.2. The van der Waals surface area contributed by atoms with Crippen LogP contribution in [0.15, 0.2) is 276 Å². The standard InChI is InChI=1S/C66H42F2N4/c1-70-60-41-50(44-16-8-3-9-17-44)40-59(46-20-12-5-13-21-46)66(60)72(55-32-28-53(68)29-33-55)62-37-25-48-22-34-56-61(36-24-47-23-35-57(62)64(48)63(47)56)71(54-30-26-52(67)27-31-54)65-51(42-69)38-49(43-14-6-2-7-15-43)39-58(65)45-18-10-4-11-19-45/h2-41,63-64H/i2D,3D,4D,5D,6D,7D,8D,9D,10D,11D,12D,13D,14D,15D,16D,17D,18D,19D,20D,21D. The number of anilines is 4. The van der Waals surface area contributed by atoms with E-state index in [0.29, 0.717) is 28.1 Å². The summed E-state index contributed by atoms with van der Waals surface area (Å²) in [6, 6.07) is 3.17. The molecule has 0 aromatic heterocycles. The van der Waals surface area contributed by atoms with Crippen LogP contribution >= 0.6 is 0 Å². The highest BCUT2D eigenvalue weighted by Crippen LogP contribution is 2.56. The molecule has 0 aliphatic heterocycles. The Morgan fingerprint density at radius 3 is 1.54 bits per heavy atom.